The van der Waals surface area contributed by atoms with Gasteiger partial charge in [-0.15, -0.1) is 0 Å². The summed E-state index contributed by atoms with van der Waals surface area (Å²) in [5.41, 5.74) is 0. The highest BCUT2D eigenvalue weighted by Crippen LogP contribution is 2.24. The van der Waals surface area contributed by atoms with Gasteiger partial charge in [-0.1, -0.05) is 371 Å². The molecule has 11 heteroatoms. The zero-order chi connectivity index (χ0) is 66.5. The molecule has 1 heterocycles. The summed E-state index contributed by atoms with van der Waals surface area (Å²) in [5.74, 6) is -0.170. The molecule has 0 spiro atoms. The third-order valence-electron chi connectivity index (χ3n) is 19.2. The minimum Gasteiger partial charge on any atom is -0.466 e. The van der Waals surface area contributed by atoms with Gasteiger partial charge in [0.15, 0.2) is 6.29 Å². The molecule has 7 unspecified atom stereocenters. The fraction of sp³-hybridized carbons (Fsp3) is 0.901. The lowest BCUT2D eigenvalue weighted by Crippen LogP contribution is -2.60. The second-order valence-corrected chi connectivity index (χ2v) is 28.1. The van der Waals surface area contributed by atoms with Gasteiger partial charge in [0.2, 0.25) is 5.91 Å². The number of hydrogen-bond donors (Lipinski definition) is 6. The summed E-state index contributed by atoms with van der Waals surface area (Å²) in [6.07, 6.45) is 81.9. The Bertz CT molecular complexity index is 1620. The fourth-order valence-electron chi connectivity index (χ4n) is 12.9. The SMILES string of the molecule is CCCC/C=C\C/C=C\CCCCCCCC(=O)OCCCCCCCCCCCCCCCCCCCCCCCCCCCCCCCCCCCCCCCCCC(=O)NC(COC1OC(CO)C(O)C(O)C1O)C(O)/C=C/CCCCCCCCCCC. The van der Waals surface area contributed by atoms with E-state index in [0.29, 0.717) is 19.4 Å². The zero-order valence-corrected chi connectivity index (χ0v) is 60.5. The number of carbonyl (C=O) groups excluding carboxylic acids is 2. The minimum atomic E-state index is -1.57. The molecule has 1 rings (SSSR count). The lowest BCUT2D eigenvalue weighted by Gasteiger charge is -2.40. The van der Waals surface area contributed by atoms with Crippen LogP contribution in [0.15, 0.2) is 36.5 Å². The number of carbonyl (C=O) groups is 2. The first-order valence-corrected chi connectivity index (χ1v) is 40.3. The van der Waals surface area contributed by atoms with Gasteiger partial charge in [-0.25, -0.2) is 0 Å². The summed E-state index contributed by atoms with van der Waals surface area (Å²) in [5, 5.41) is 54.5. The summed E-state index contributed by atoms with van der Waals surface area (Å²) in [7, 11) is 0. The van der Waals surface area contributed by atoms with Gasteiger partial charge in [0, 0.05) is 12.8 Å². The molecule has 0 radical (unpaired) electrons. The number of allylic oxidation sites excluding steroid dienone is 5. The van der Waals surface area contributed by atoms with Gasteiger partial charge >= 0.3 is 5.97 Å². The van der Waals surface area contributed by atoms with Crippen molar-refractivity contribution in [3.8, 4) is 0 Å². The standard InChI is InChI=1S/C81H153NO10/c1-3-5-7-9-11-13-15-16-45-49-53-57-61-65-69-77(86)90-70-66-62-58-54-50-46-43-41-39-37-35-33-31-29-27-25-23-21-19-17-18-20-22-24-26-28-30-32-34-36-38-40-42-44-48-52-56-60-64-68-76(85)82-73(72-91-81-80(89)79(88)78(87)75(71-83)92-81)74(84)67-63-59-55-51-47-14-12-10-8-6-4-2/h9,11,15-16,63,67,73-75,78-81,83-84,87-89H,3-8,10,12-14,17-62,64-66,68-72H2,1-2H3,(H,82,85)/b11-9-,16-15-,67-63+. The highest BCUT2D eigenvalue weighted by Gasteiger charge is 2.44. The molecule has 1 aliphatic heterocycles. The molecular formula is C81H153NO10. The first kappa shape index (κ1) is 87.9. The van der Waals surface area contributed by atoms with E-state index in [-0.39, 0.29) is 18.5 Å². The average Bonchev–Trinajstić information content (AvgIpc) is 1.02. The normalized spacial score (nSPS) is 17.7. The number of esters is 1. The smallest absolute Gasteiger partial charge is 0.305 e. The Morgan fingerprint density at radius 1 is 0.402 bits per heavy atom. The number of amides is 1. The Hall–Kier alpha value is -2.12. The van der Waals surface area contributed by atoms with Gasteiger partial charge < -0.3 is 45.1 Å². The summed E-state index contributed by atoms with van der Waals surface area (Å²) in [4.78, 5) is 25.1. The van der Waals surface area contributed by atoms with E-state index in [0.717, 1.165) is 64.2 Å². The Morgan fingerprint density at radius 3 is 1.13 bits per heavy atom. The van der Waals surface area contributed by atoms with Crippen molar-refractivity contribution < 1.29 is 49.3 Å². The first-order valence-electron chi connectivity index (χ1n) is 40.3. The fourth-order valence-corrected chi connectivity index (χ4v) is 12.9. The molecule has 0 bridgehead atoms. The van der Waals surface area contributed by atoms with Crippen LogP contribution in [0.3, 0.4) is 0 Å². The molecule has 0 aromatic carbocycles. The molecule has 6 N–H and O–H groups in total. The van der Waals surface area contributed by atoms with Crippen molar-refractivity contribution in [2.24, 2.45) is 0 Å². The number of aliphatic hydroxyl groups excluding tert-OH is 5. The van der Waals surface area contributed by atoms with E-state index < -0.39 is 49.5 Å². The maximum absolute atomic E-state index is 13.1. The van der Waals surface area contributed by atoms with E-state index in [4.69, 9.17) is 14.2 Å². The summed E-state index contributed by atoms with van der Waals surface area (Å²) in [6.45, 7) is 4.34. The van der Waals surface area contributed by atoms with Crippen LogP contribution in [0.1, 0.15) is 406 Å². The van der Waals surface area contributed by atoms with Gasteiger partial charge in [-0.3, -0.25) is 9.59 Å². The molecule has 0 aromatic rings. The van der Waals surface area contributed by atoms with Crippen LogP contribution in [0.25, 0.3) is 0 Å². The van der Waals surface area contributed by atoms with Crippen LogP contribution in [0.2, 0.25) is 0 Å². The molecule has 542 valence electrons. The summed E-state index contributed by atoms with van der Waals surface area (Å²) < 4.78 is 16.8. The van der Waals surface area contributed by atoms with E-state index in [1.165, 1.54) is 315 Å². The van der Waals surface area contributed by atoms with E-state index in [2.05, 4.69) is 43.5 Å². The molecule has 92 heavy (non-hydrogen) atoms. The largest absolute Gasteiger partial charge is 0.466 e. The monoisotopic (exact) mass is 1300 g/mol. The zero-order valence-electron chi connectivity index (χ0n) is 60.5. The van der Waals surface area contributed by atoms with Crippen LogP contribution in [0.4, 0.5) is 0 Å². The molecule has 0 aliphatic carbocycles. The van der Waals surface area contributed by atoms with Gasteiger partial charge in [0.25, 0.3) is 0 Å². The predicted molar refractivity (Wildman–Crippen MR) is 389 cm³/mol. The van der Waals surface area contributed by atoms with E-state index >= 15 is 0 Å². The Balaban J connectivity index is 1.85. The van der Waals surface area contributed by atoms with Gasteiger partial charge in [-0.05, 0) is 57.8 Å². The second kappa shape index (κ2) is 70.2. The van der Waals surface area contributed by atoms with E-state index in [1.807, 2.05) is 6.08 Å². The molecular weight excluding hydrogens is 1150 g/mol. The minimum absolute atomic E-state index is 0.00410. The van der Waals surface area contributed by atoms with Crippen molar-refractivity contribution in [3.05, 3.63) is 36.5 Å². The van der Waals surface area contributed by atoms with Crippen LogP contribution < -0.4 is 5.32 Å². The van der Waals surface area contributed by atoms with Crippen molar-refractivity contribution in [2.75, 3.05) is 19.8 Å². The summed E-state index contributed by atoms with van der Waals surface area (Å²) in [6, 6.07) is -0.804. The molecule has 0 saturated carbocycles. The van der Waals surface area contributed by atoms with Crippen LogP contribution >= 0.6 is 0 Å². The van der Waals surface area contributed by atoms with Crippen molar-refractivity contribution in [3.63, 3.8) is 0 Å². The number of rotatable bonds is 72. The van der Waals surface area contributed by atoms with Gasteiger partial charge in [0.05, 0.1) is 32.0 Å². The number of nitrogens with one attached hydrogen (secondary N) is 1. The number of hydrogen-bond acceptors (Lipinski definition) is 10. The van der Waals surface area contributed by atoms with Crippen molar-refractivity contribution in [1.82, 2.24) is 5.32 Å². The third kappa shape index (κ3) is 58.1. The lowest BCUT2D eigenvalue weighted by molar-refractivity contribution is -0.302. The maximum atomic E-state index is 13.1. The second-order valence-electron chi connectivity index (χ2n) is 28.1. The molecule has 1 aliphatic rings. The van der Waals surface area contributed by atoms with Crippen LogP contribution in [0.5, 0.6) is 0 Å². The van der Waals surface area contributed by atoms with Crippen LogP contribution in [0, 0.1) is 0 Å². The quantitative estimate of drug-likeness (QED) is 0.0195. The average molecular weight is 1300 g/mol. The van der Waals surface area contributed by atoms with E-state index in [9.17, 15) is 35.1 Å². The van der Waals surface area contributed by atoms with Crippen molar-refractivity contribution >= 4 is 11.9 Å². The molecule has 1 fully saturated rings. The molecule has 7 atom stereocenters. The maximum Gasteiger partial charge on any atom is 0.305 e. The summed E-state index contributed by atoms with van der Waals surface area (Å²) >= 11 is 0. The Morgan fingerprint density at radius 2 is 0.739 bits per heavy atom. The van der Waals surface area contributed by atoms with Crippen LogP contribution in [-0.2, 0) is 23.8 Å². The predicted octanol–water partition coefficient (Wildman–Crippen LogP) is 21.7. The number of aliphatic hydroxyl groups is 5. The number of ether oxygens (including phenoxy) is 3. The molecule has 1 amide bonds. The van der Waals surface area contributed by atoms with Crippen LogP contribution in [-0.4, -0.2) is 100 Å². The highest BCUT2D eigenvalue weighted by molar-refractivity contribution is 5.76. The van der Waals surface area contributed by atoms with Crippen molar-refractivity contribution in [2.45, 2.75) is 448 Å². The first-order chi connectivity index (χ1) is 45.2. The Labute approximate surface area is 568 Å². The topological polar surface area (TPSA) is 175 Å². The molecule has 1 saturated heterocycles. The Kier molecular flexibility index (Phi) is 67.1. The highest BCUT2D eigenvalue weighted by atomic mass is 16.7. The molecule has 11 nitrogen and oxygen atoms in total. The third-order valence-corrected chi connectivity index (χ3v) is 19.2. The molecule has 0 aromatic heterocycles. The van der Waals surface area contributed by atoms with Gasteiger partial charge in [-0.2, -0.15) is 0 Å². The number of unbranched alkanes of at least 4 members (excludes halogenated alkanes) is 54. The lowest BCUT2D eigenvalue weighted by atomic mass is 9.99. The van der Waals surface area contributed by atoms with E-state index in [1.54, 1.807) is 6.08 Å². The van der Waals surface area contributed by atoms with Gasteiger partial charge in [0.1, 0.15) is 24.4 Å². The van der Waals surface area contributed by atoms with Crippen molar-refractivity contribution in [1.29, 1.82) is 0 Å².